The summed E-state index contributed by atoms with van der Waals surface area (Å²) in [5, 5.41) is 21.7. The van der Waals surface area contributed by atoms with Crippen LogP contribution in [0.4, 0.5) is 5.69 Å². The molecule has 0 saturated carbocycles. The summed E-state index contributed by atoms with van der Waals surface area (Å²) in [6.45, 7) is 1.98. The fourth-order valence-corrected chi connectivity index (χ4v) is 5.28. The Labute approximate surface area is 215 Å². The van der Waals surface area contributed by atoms with E-state index in [0.717, 1.165) is 22.5 Å². The number of carbonyl (C=O) groups excluding carboxylic acids is 1. The Morgan fingerprint density at radius 1 is 1.03 bits per heavy atom. The van der Waals surface area contributed by atoms with Gasteiger partial charge < -0.3 is 9.84 Å². The van der Waals surface area contributed by atoms with E-state index in [1.54, 1.807) is 24.1 Å². The van der Waals surface area contributed by atoms with E-state index in [1.165, 1.54) is 0 Å². The fraction of sp³-hybridized carbons (Fsp3) is 0.200. The van der Waals surface area contributed by atoms with E-state index in [2.05, 4.69) is 0 Å². The number of aliphatic hydroxyl groups is 1. The molecule has 0 aromatic heterocycles. The van der Waals surface area contributed by atoms with Gasteiger partial charge in [-0.15, -0.1) is 0 Å². The molecular formula is C30H27ClN2O3. The zero-order chi connectivity index (χ0) is 25.4. The van der Waals surface area contributed by atoms with Crippen LogP contribution in [-0.2, 0) is 4.79 Å². The molecule has 0 amide bonds. The van der Waals surface area contributed by atoms with Crippen molar-refractivity contribution < 1.29 is 14.6 Å². The van der Waals surface area contributed by atoms with Crippen LogP contribution in [0.2, 0.25) is 5.02 Å². The van der Waals surface area contributed by atoms with Crippen molar-refractivity contribution in [3.05, 3.63) is 111 Å². The summed E-state index contributed by atoms with van der Waals surface area (Å²) >= 11 is 6.15. The SMILES string of the molecule is COc1ccccc1[C@@H]1C2=C(CCCC2=O)N(c2ccc(Cl)cc2)C(=N)/C1=C(/O)c1ccc(C)cc1. The molecule has 1 heterocycles. The number of aliphatic hydroxyl groups excluding tert-OH is 1. The molecule has 0 spiro atoms. The number of ketones is 1. The van der Waals surface area contributed by atoms with Gasteiger partial charge in [0.05, 0.1) is 13.0 Å². The minimum absolute atomic E-state index is 0.0211. The van der Waals surface area contributed by atoms with E-state index < -0.39 is 5.92 Å². The van der Waals surface area contributed by atoms with Gasteiger partial charge in [0.2, 0.25) is 0 Å². The largest absolute Gasteiger partial charge is 0.507 e. The molecule has 0 radical (unpaired) electrons. The Kier molecular flexibility index (Phi) is 6.42. The maximum absolute atomic E-state index is 13.6. The van der Waals surface area contributed by atoms with E-state index in [-0.39, 0.29) is 17.4 Å². The predicted octanol–water partition coefficient (Wildman–Crippen LogP) is 7.21. The molecule has 0 fully saturated rings. The number of hydrogen-bond acceptors (Lipinski definition) is 4. The Hall–Kier alpha value is -3.83. The van der Waals surface area contributed by atoms with Gasteiger partial charge in [-0.3, -0.25) is 15.1 Å². The van der Waals surface area contributed by atoms with Crippen LogP contribution >= 0.6 is 11.6 Å². The summed E-state index contributed by atoms with van der Waals surface area (Å²) in [5.74, 6) is 0.0864. The molecule has 0 unspecified atom stereocenters. The lowest BCUT2D eigenvalue weighted by Crippen LogP contribution is -2.42. The van der Waals surface area contributed by atoms with Crippen molar-refractivity contribution in [2.45, 2.75) is 32.1 Å². The minimum Gasteiger partial charge on any atom is -0.507 e. The topological polar surface area (TPSA) is 73.6 Å². The van der Waals surface area contributed by atoms with Gasteiger partial charge in [-0.05, 0) is 50.1 Å². The molecule has 5 rings (SSSR count). The molecule has 3 aromatic rings. The summed E-state index contributed by atoms with van der Waals surface area (Å²) in [5.41, 5.74) is 4.87. The molecule has 182 valence electrons. The third kappa shape index (κ3) is 4.10. The molecule has 5 nitrogen and oxygen atoms in total. The van der Waals surface area contributed by atoms with Crippen molar-refractivity contribution in [2.75, 3.05) is 12.0 Å². The highest BCUT2D eigenvalue weighted by molar-refractivity contribution is 6.30. The first-order chi connectivity index (χ1) is 17.4. The smallest absolute Gasteiger partial charge is 0.161 e. The van der Waals surface area contributed by atoms with Gasteiger partial charge >= 0.3 is 0 Å². The number of para-hydroxylation sites is 1. The number of aryl methyl sites for hydroxylation is 1. The Bertz CT molecular complexity index is 1400. The predicted molar refractivity (Wildman–Crippen MR) is 144 cm³/mol. The zero-order valence-corrected chi connectivity index (χ0v) is 21.0. The average Bonchev–Trinajstić information content (AvgIpc) is 2.89. The van der Waals surface area contributed by atoms with Crippen LogP contribution in [-0.4, -0.2) is 23.8 Å². The quantitative estimate of drug-likeness (QED) is 0.372. The van der Waals surface area contributed by atoms with Crippen LogP contribution < -0.4 is 9.64 Å². The van der Waals surface area contributed by atoms with Gasteiger partial charge in [-0.25, -0.2) is 0 Å². The van der Waals surface area contributed by atoms with Crippen LogP contribution in [0.1, 0.15) is 41.9 Å². The number of rotatable bonds is 4. The van der Waals surface area contributed by atoms with Crippen molar-refractivity contribution in [3.8, 4) is 5.75 Å². The number of halogens is 1. The summed E-state index contributed by atoms with van der Waals surface area (Å²) in [6.07, 6.45) is 1.78. The molecule has 0 bridgehead atoms. The first-order valence-corrected chi connectivity index (χ1v) is 12.3. The second-order valence-electron chi connectivity index (χ2n) is 9.10. The summed E-state index contributed by atoms with van der Waals surface area (Å²) in [7, 11) is 1.59. The van der Waals surface area contributed by atoms with E-state index in [0.29, 0.717) is 46.7 Å². The number of nitrogens with zero attached hydrogens (tertiary/aromatic N) is 1. The van der Waals surface area contributed by atoms with E-state index in [9.17, 15) is 15.3 Å². The van der Waals surface area contributed by atoms with Crippen molar-refractivity contribution in [1.82, 2.24) is 0 Å². The third-order valence-corrected chi connectivity index (χ3v) is 7.12. The molecule has 2 N–H and O–H groups in total. The lowest BCUT2D eigenvalue weighted by molar-refractivity contribution is -0.116. The molecule has 1 aliphatic heterocycles. The number of carbonyl (C=O) groups is 1. The summed E-state index contributed by atoms with van der Waals surface area (Å²) in [4.78, 5) is 15.4. The monoisotopic (exact) mass is 498 g/mol. The van der Waals surface area contributed by atoms with Crippen LogP contribution in [0.5, 0.6) is 5.75 Å². The lowest BCUT2D eigenvalue weighted by atomic mass is 9.73. The average molecular weight is 499 g/mol. The molecule has 0 saturated heterocycles. The molecule has 36 heavy (non-hydrogen) atoms. The molecular weight excluding hydrogens is 472 g/mol. The van der Waals surface area contributed by atoms with Gasteiger partial charge in [0, 0.05) is 45.1 Å². The molecule has 6 heteroatoms. The van der Waals surface area contributed by atoms with E-state index in [4.69, 9.17) is 16.3 Å². The standard InChI is InChI=1S/C30H27ClN2O3/c1-18-10-12-19(13-11-18)29(35)28-26(22-6-3-4-9-25(22)36-2)27-23(7-5-8-24(27)34)33(30(28)32)21-16-14-20(31)15-17-21/h3-4,6,9-17,26,32,35H,5,7-8H2,1-2H3/b29-28+,32-30?/t26-/m1/s1. The number of hydrogen-bond donors (Lipinski definition) is 2. The minimum atomic E-state index is -0.638. The second-order valence-corrected chi connectivity index (χ2v) is 9.54. The van der Waals surface area contributed by atoms with Gasteiger partial charge in [0.1, 0.15) is 17.3 Å². The van der Waals surface area contributed by atoms with Gasteiger partial charge in [0.15, 0.2) is 5.78 Å². The first-order valence-electron chi connectivity index (χ1n) is 11.9. The van der Waals surface area contributed by atoms with Gasteiger partial charge in [-0.2, -0.15) is 0 Å². The number of amidine groups is 1. The van der Waals surface area contributed by atoms with Crippen molar-refractivity contribution in [1.29, 1.82) is 5.41 Å². The Balaban J connectivity index is 1.84. The Morgan fingerprint density at radius 3 is 2.42 bits per heavy atom. The highest BCUT2D eigenvalue weighted by atomic mass is 35.5. The van der Waals surface area contributed by atoms with Gasteiger partial charge in [0.25, 0.3) is 0 Å². The molecule has 3 aromatic carbocycles. The zero-order valence-electron chi connectivity index (χ0n) is 20.2. The molecule has 2 aliphatic rings. The number of Topliss-reactive ketones (excluding diaryl/α,β-unsaturated/α-hetero) is 1. The van der Waals surface area contributed by atoms with Crippen LogP contribution in [0.3, 0.4) is 0 Å². The number of ether oxygens (including phenoxy) is 1. The fourth-order valence-electron chi connectivity index (χ4n) is 5.15. The van der Waals surface area contributed by atoms with Crippen LogP contribution in [0.25, 0.3) is 5.76 Å². The number of benzene rings is 3. The Morgan fingerprint density at radius 2 is 1.72 bits per heavy atom. The number of allylic oxidation sites excluding steroid dienone is 2. The van der Waals surface area contributed by atoms with Gasteiger partial charge in [-0.1, -0.05) is 59.6 Å². The summed E-state index contributed by atoms with van der Waals surface area (Å²) < 4.78 is 5.69. The summed E-state index contributed by atoms with van der Waals surface area (Å²) in [6, 6.07) is 22.2. The van der Waals surface area contributed by atoms with Crippen molar-refractivity contribution in [3.63, 3.8) is 0 Å². The second kappa shape index (κ2) is 9.67. The third-order valence-electron chi connectivity index (χ3n) is 6.87. The number of nitrogens with one attached hydrogen (secondary N) is 1. The maximum atomic E-state index is 13.6. The van der Waals surface area contributed by atoms with Crippen LogP contribution in [0.15, 0.2) is 89.6 Å². The van der Waals surface area contributed by atoms with Crippen molar-refractivity contribution in [2.24, 2.45) is 0 Å². The van der Waals surface area contributed by atoms with Crippen LogP contribution in [0, 0.1) is 12.3 Å². The number of methoxy groups -OCH3 is 1. The molecule has 1 atom stereocenters. The highest BCUT2D eigenvalue weighted by Crippen LogP contribution is 2.49. The maximum Gasteiger partial charge on any atom is 0.161 e. The lowest BCUT2D eigenvalue weighted by Gasteiger charge is -2.42. The molecule has 1 aliphatic carbocycles. The van der Waals surface area contributed by atoms with E-state index >= 15 is 0 Å². The first kappa shape index (κ1) is 23.9. The highest BCUT2D eigenvalue weighted by Gasteiger charge is 2.44. The number of anilines is 1. The van der Waals surface area contributed by atoms with E-state index in [1.807, 2.05) is 67.6 Å². The van der Waals surface area contributed by atoms with Crippen molar-refractivity contribution >= 4 is 34.7 Å². The normalized spacial score (nSPS) is 19.3.